The van der Waals surface area contributed by atoms with Crippen molar-refractivity contribution in [3.05, 3.63) is 48.7 Å². The number of nitrogens with one attached hydrogen (secondary N) is 3. The lowest BCUT2D eigenvalue weighted by atomic mass is 10.0. The minimum absolute atomic E-state index is 0.0141. The summed E-state index contributed by atoms with van der Waals surface area (Å²) in [7, 11) is -3.91. The Hall–Kier alpha value is -4.20. The Balaban J connectivity index is 1.47. The van der Waals surface area contributed by atoms with Gasteiger partial charge in [-0.3, -0.25) is 19.1 Å². The third-order valence-corrected chi connectivity index (χ3v) is 9.09. The van der Waals surface area contributed by atoms with Crippen molar-refractivity contribution in [2.24, 2.45) is 5.92 Å². The van der Waals surface area contributed by atoms with Gasteiger partial charge in [0.05, 0.1) is 12.8 Å². The van der Waals surface area contributed by atoms with Gasteiger partial charge in [-0.15, -0.1) is 0 Å². The molecular formula is C33H43N5O8S. The second-order valence-electron chi connectivity index (χ2n) is 13.6. The van der Waals surface area contributed by atoms with Crippen molar-refractivity contribution in [3.63, 3.8) is 0 Å². The van der Waals surface area contributed by atoms with E-state index in [4.69, 9.17) is 9.47 Å². The van der Waals surface area contributed by atoms with Gasteiger partial charge >= 0.3 is 6.09 Å². The smallest absolute Gasteiger partial charge is 0.408 e. The SMILES string of the molecule is CC(C)(C)OC(=O)NC1CCCCCC=CC2CC2(C(=O)NS(C)(=O)=O)NC(=O)C2CC(Oc3nccc4ccccc34)CN2C1=O. The van der Waals surface area contributed by atoms with E-state index in [1.807, 2.05) is 47.2 Å². The maximum absolute atomic E-state index is 14.2. The number of aromatic nitrogens is 1. The zero-order valence-corrected chi connectivity index (χ0v) is 28.0. The van der Waals surface area contributed by atoms with Gasteiger partial charge in [0.1, 0.15) is 29.3 Å². The second-order valence-corrected chi connectivity index (χ2v) is 15.3. The lowest BCUT2D eigenvalue weighted by Crippen LogP contribution is -2.58. The third-order valence-electron chi connectivity index (χ3n) is 8.53. The van der Waals surface area contributed by atoms with E-state index in [1.165, 1.54) is 4.90 Å². The highest BCUT2D eigenvalue weighted by molar-refractivity contribution is 7.89. The van der Waals surface area contributed by atoms with Crippen LogP contribution in [0.2, 0.25) is 0 Å². The minimum Gasteiger partial charge on any atom is -0.472 e. The van der Waals surface area contributed by atoms with Crippen LogP contribution in [-0.2, 0) is 29.1 Å². The number of fused-ring (bicyclic) bond motifs is 3. The topological polar surface area (TPSA) is 173 Å². The number of nitrogens with zero attached hydrogens (tertiary/aromatic N) is 2. The summed E-state index contributed by atoms with van der Waals surface area (Å²) in [5.74, 6) is -2.01. The first-order chi connectivity index (χ1) is 22.1. The van der Waals surface area contributed by atoms with E-state index in [0.717, 1.165) is 29.9 Å². The maximum atomic E-state index is 14.2. The molecule has 254 valence electrons. The molecular weight excluding hydrogens is 626 g/mol. The quantitative estimate of drug-likeness (QED) is 0.405. The van der Waals surface area contributed by atoms with Gasteiger partial charge in [0.2, 0.25) is 27.7 Å². The van der Waals surface area contributed by atoms with Crippen LogP contribution in [0.4, 0.5) is 4.79 Å². The van der Waals surface area contributed by atoms with Gasteiger partial charge in [0.15, 0.2) is 0 Å². The summed E-state index contributed by atoms with van der Waals surface area (Å²) in [4.78, 5) is 60.2. The van der Waals surface area contributed by atoms with Crippen LogP contribution in [0.5, 0.6) is 5.88 Å². The first-order valence-electron chi connectivity index (χ1n) is 16.0. The minimum atomic E-state index is -3.91. The molecule has 1 saturated heterocycles. The molecule has 0 radical (unpaired) electrons. The van der Waals surface area contributed by atoms with Crippen LogP contribution in [0.25, 0.3) is 10.8 Å². The van der Waals surface area contributed by atoms with Gasteiger partial charge in [-0.1, -0.05) is 43.2 Å². The summed E-state index contributed by atoms with van der Waals surface area (Å²) in [5, 5.41) is 7.21. The molecule has 1 aromatic heterocycles. The summed E-state index contributed by atoms with van der Waals surface area (Å²) < 4.78 is 37.8. The van der Waals surface area contributed by atoms with Gasteiger partial charge in [-0.25, -0.2) is 18.2 Å². The van der Waals surface area contributed by atoms with Crippen molar-refractivity contribution < 1.29 is 37.1 Å². The molecule has 2 aromatic rings. The van der Waals surface area contributed by atoms with Gasteiger partial charge in [-0.2, -0.15) is 0 Å². The number of carbonyl (C=O) groups excluding carboxylic acids is 4. The van der Waals surface area contributed by atoms with Gasteiger partial charge in [0, 0.05) is 23.9 Å². The molecule has 5 atom stereocenters. The fraction of sp³-hybridized carbons (Fsp3) is 0.545. The molecule has 2 fully saturated rings. The molecule has 5 rings (SSSR count). The van der Waals surface area contributed by atoms with E-state index < -0.39 is 69.1 Å². The molecule has 0 bridgehead atoms. The molecule has 2 aliphatic heterocycles. The van der Waals surface area contributed by atoms with Crippen LogP contribution in [0, 0.1) is 5.92 Å². The number of sulfonamides is 1. The molecule has 3 N–H and O–H groups in total. The van der Waals surface area contributed by atoms with Crippen LogP contribution in [0.1, 0.15) is 65.7 Å². The number of amides is 4. The lowest BCUT2D eigenvalue weighted by molar-refractivity contribution is -0.141. The summed E-state index contributed by atoms with van der Waals surface area (Å²) in [6, 6.07) is 7.35. The van der Waals surface area contributed by atoms with Crippen LogP contribution in [-0.4, -0.2) is 84.2 Å². The predicted molar refractivity (Wildman–Crippen MR) is 174 cm³/mol. The average Bonchev–Trinajstić information content (AvgIpc) is 3.51. The number of carbonyl (C=O) groups is 4. The molecule has 14 heteroatoms. The van der Waals surface area contributed by atoms with Gasteiger partial charge in [0.25, 0.3) is 5.91 Å². The fourth-order valence-corrected chi connectivity index (χ4v) is 6.74. The zero-order valence-electron chi connectivity index (χ0n) is 27.2. The normalized spacial score (nSPS) is 27.0. The molecule has 47 heavy (non-hydrogen) atoms. The standard InChI is InChI=1S/C33H43N5O8S/c1-32(2,3)46-31(42)35-25-15-9-7-5-6-8-13-22-19-33(22,30(41)37-47(4,43)44)36-27(39)26-18-23(20-38(26)29(25)40)45-28-24-14-11-10-12-21(24)16-17-34-28/h8,10-14,16-17,22-23,25-26H,5-7,9,15,18-20H2,1-4H3,(H,35,42)(H,36,39)(H,37,41). The zero-order chi connectivity index (χ0) is 34.0. The van der Waals surface area contributed by atoms with E-state index in [0.29, 0.717) is 25.1 Å². The first kappa shape index (κ1) is 34.1. The molecule has 1 aromatic carbocycles. The number of alkyl carbamates (subject to hydrolysis) is 1. The van der Waals surface area contributed by atoms with Crippen LogP contribution in [0.3, 0.4) is 0 Å². The fourth-order valence-electron chi connectivity index (χ4n) is 6.22. The summed E-state index contributed by atoms with van der Waals surface area (Å²) >= 11 is 0. The highest BCUT2D eigenvalue weighted by Crippen LogP contribution is 2.45. The third kappa shape index (κ3) is 8.40. The Bertz CT molecular complexity index is 1670. The molecule has 4 amide bonds. The van der Waals surface area contributed by atoms with Crippen molar-refractivity contribution in [2.75, 3.05) is 12.8 Å². The number of rotatable bonds is 5. The number of pyridine rings is 1. The number of ether oxygens (including phenoxy) is 2. The van der Waals surface area contributed by atoms with Crippen LogP contribution < -0.4 is 20.1 Å². The monoisotopic (exact) mass is 669 g/mol. The number of allylic oxidation sites excluding steroid dienone is 1. The van der Waals surface area contributed by atoms with Crippen molar-refractivity contribution in [3.8, 4) is 5.88 Å². The van der Waals surface area contributed by atoms with Gasteiger partial charge < -0.3 is 25.0 Å². The number of benzene rings is 1. The molecule has 5 unspecified atom stereocenters. The number of hydrogen-bond donors (Lipinski definition) is 3. The maximum Gasteiger partial charge on any atom is 0.408 e. The van der Waals surface area contributed by atoms with Gasteiger partial charge in [-0.05, 0) is 64.0 Å². The Morgan fingerprint density at radius 3 is 2.62 bits per heavy atom. The molecule has 1 aliphatic carbocycles. The highest BCUT2D eigenvalue weighted by Gasteiger charge is 2.61. The van der Waals surface area contributed by atoms with Crippen molar-refractivity contribution in [2.45, 2.75) is 95.0 Å². The second kappa shape index (κ2) is 13.5. The van der Waals surface area contributed by atoms with E-state index >= 15 is 0 Å². The summed E-state index contributed by atoms with van der Waals surface area (Å²) in [5.41, 5.74) is -2.28. The van der Waals surface area contributed by atoms with Crippen molar-refractivity contribution in [1.29, 1.82) is 0 Å². The Labute approximate surface area is 274 Å². The molecule has 13 nitrogen and oxygen atoms in total. The van der Waals surface area contributed by atoms with Crippen molar-refractivity contribution in [1.82, 2.24) is 25.2 Å². The van der Waals surface area contributed by atoms with E-state index in [1.54, 1.807) is 27.0 Å². The Kier molecular flexibility index (Phi) is 9.81. The molecule has 3 heterocycles. The van der Waals surface area contributed by atoms with Crippen LogP contribution in [0.15, 0.2) is 48.7 Å². The van der Waals surface area contributed by atoms with E-state index in [2.05, 4.69) is 15.6 Å². The molecule has 3 aliphatic rings. The van der Waals surface area contributed by atoms with E-state index in [-0.39, 0.29) is 19.4 Å². The van der Waals surface area contributed by atoms with E-state index in [9.17, 15) is 27.6 Å². The largest absolute Gasteiger partial charge is 0.472 e. The molecule has 0 spiro atoms. The summed E-state index contributed by atoms with van der Waals surface area (Å²) in [6.07, 6.45) is 8.37. The average molecular weight is 670 g/mol. The number of hydrogen-bond acceptors (Lipinski definition) is 9. The Morgan fingerprint density at radius 1 is 1.11 bits per heavy atom. The summed E-state index contributed by atoms with van der Waals surface area (Å²) in [6.45, 7) is 5.19. The van der Waals surface area contributed by atoms with Crippen molar-refractivity contribution >= 4 is 44.6 Å². The molecule has 1 saturated carbocycles. The van der Waals surface area contributed by atoms with Crippen LogP contribution >= 0.6 is 0 Å². The highest BCUT2D eigenvalue weighted by atomic mass is 32.2. The Morgan fingerprint density at radius 2 is 1.87 bits per heavy atom. The lowest BCUT2D eigenvalue weighted by Gasteiger charge is -2.30. The first-order valence-corrected chi connectivity index (χ1v) is 17.9. The predicted octanol–water partition coefficient (Wildman–Crippen LogP) is 2.95.